The Balaban J connectivity index is 1.48. The number of furan rings is 1. The smallest absolute Gasteiger partial charge is 0.322 e. The molecular formula is C21H25N3O4. The summed E-state index contributed by atoms with van der Waals surface area (Å²) in [5, 5.41) is 5.99. The molecule has 2 fully saturated rings. The highest BCUT2D eigenvalue weighted by atomic mass is 16.3. The Morgan fingerprint density at radius 2 is 1.96 bits per heavy atom. The predicted octanol–water partition coefficient (Wildman–Crippen LogP) is 2.61. The van der Waals surface area contributed by atoms with Crippen molar-refractivity contribution in [2.45, 2.75) is 51.5 Å². The number of hydrogen-bond acceptors (Lipinski definition) is 4. The van der Waals surface area contributed by atoms with Crippen molar-refractivity contribution in [3.05, 3.63) is 35.1 Å². The molecule has 0 bridgehead atoms. The van der Waals surface area contributed by atoms with Crippen LogP contribution >= 0.6 is 0 Å². The summed E-state index contributed by atoms with van der Waals surface area (Å²) in [6.07, 6.45) is 2.79. The van der Waals surface area contributed by atoms with Crippen LogP contribution in [-0.2, 0) is 16.0 Å². The Morgan fingerprint density at radius 3 is 2.57 bits per heavy atom. The number of rotatable bonds is 3. The first-order valence-electron chi connectivity index (χ1n) is 9.71. The quantitative estimate of drug-likeness (QED) is 0.797. The van der Waals surface area contributed by atoms with E-state index < -0.39 is 11.6 Å². The Labute approximate surface area is 163 Å². The maximum atomic E-state index is 12.8. The first kappa shape index (κ1) is 18.5. The number of amides is 4. The number of likely N-dealkylation sites (tertiary alicyclic amines) is 1. The minimum Gasteiger partial charge on any atom is -0.464 e. The molecule has 4 rings (SSSR count). The van der Waals surface area contributed by atoms with Crippen LogP contribution in [0.15, 0.2) is 22.8 Å². The molecule has 1 spiro atoms. The molecule has 1 aromatic carbocycles. The lowest BCUT2D eigenvalue weighted by atomic mass is 9.87. The van der Waals surface area contributed by atoms with Crippen molar-refractivity contribution in [2.75, 3.05) is 13.1 Å². The summed E-state index contributed by atoms with van der Waals surface area (Å²) in [6.45, 7) is 7.27. The number of nitrogens with zero attached hydrogens (tertiary/aromatic N) is 1. The van der Waals surface area contributed by atoms with E-state index in [4.69, 9.17) is 4.42 Å². The largest absolute Gasteiger partial charge is 0.464 e. The van der Waals surface area contributed by atoms with E-state index in [2.05, 4.69) is 37.5 Å². The fourth-order valence-corrected chi connectivity index (χ4v) is 4.30. The van der Waals surface area contributed by atoms with E-state index in [-0.39, 0.29) is 18.2 Å². The van der Waals surface area contributed by atoms with Crippen LogP contribution < -0.4 is 10.6 Å². The maximum absolute atomic E-state index is 12.8. The van der Waals surface area contributed by atoms with Gasteiger partial charge in [-0.2, -0.15) is 0 Å². The highest BCUT2D eigenvalue weighted by Crippen LogP contribution is 2.30. The number of carbonyl (C=O) groups is 3. The van der Waals surface area contributed by atoms with Crippen molar-refractivity contribution < 1.29 is 18.8 Å². The average Bonchev–Trinajstić information content (AvgIpc) is 3.14. The molecule has 2 N–H and O–H groups in total. The first-order chi connectivity index (χ1) is 13.3. The average molecular weight is 383 g/mol. The van der Waals surface area contributed by atoms with Gasteiger partial charge in [0.15, 0.2) is 0 Å². The van der Waals surface area contributed by atoms with Crippen molar-refractivity contribution in [1.82, 2.24) is 15.5 Å². The van der Waals surface area contributed by atoms with E-state index >= 15 is 0 Å². The van der Waals surface area contributed by atoms with Crippen LogP contribution in [0.2, 0.25) is 0 Å². The molecule has 2 saturated heterocycles. The molecule has 2 aliphatic heterocycles. The fraction of sp³-hybridized carbons (Fsp3) is 0.476. The maximum Gasteiger partial charge on any atom is 0.322 e. The SMILES string of the molecule is Cc1cc2occ(CC(=O)N3CCC4(CC3)NC(=O)NC4=O)c2cc1C(C)C. The molecule has 0 atom stereocenters. The van der Waals surface area contributed by atoms with E-state index in [1.807, 2.05) is 6.07 Å². The van der Waals surface area contributed by atoms with Gasteiger partial charge in [-0.3, -0.25) is 14.9 Å². The number of benzene rings is 1. The second-order valence-corrected chi connectivity index (χ2v) is 8.17. The van der Waals surface area contributed by atoms with Gasteiger partial charge in [0.05, 0.1) is 12.7 Å². The molecule has 0 saturated carbocycles. The molecule has 2 aliphatic rings. The highest BCUT2D eigenvalue weighted by Gasteiger charge is 2.48. The lowest BCUT2D eigenvalue weighted by Crippen LogP contribution is -2.55. The Hall–Kier alpha value is -2.83. The molecule has 0 aliphatic carbocycles. The number of hydrogen-bond donors (Lipinski definition) is 2. The number of nitrogens with one attached hydrogen (secondary N) is 2. The number of piperidine rings is 1. The Kier molecular flexibility index (Phi) is 4.40. The van der Waals surface area contributed by atoms with Crippen molar-refractivity contribution in [3.63, 3.8) is 0 Å². The predicted molar refractivity (Wildman–Crippen MR) is 104 cm³/mol. The van der Waals surface area contributed by atoms with Gasteiger partial charge in [0, 0.05) is 24.0 Å². The van der Waals surface area contributed by atoms with Gasteiger partial charge in [0.25, 0.3) is 5.91 Å². The highest BCUT2D eigenvalue weighted by molar-refractivity contribution is 6.07. The second kappa shape index (κ2) is 6.65. The monoisotopic (exact) mass is 383 g/mol. The minimum atomic E-state index is -0.861. The van der Waals surface area contributed by atoms with E-state index in [0.717, 1.165) is 16.5 Å². The number of aryl methyl sites for hydroxylation is 1. The third kappa shape index (κ3) is 3.04. The van der Waals surface area contributed by atoms with Gasteiger partial charge < -0.3 is 14.6 Å². The van der Waals surface area contributed by atoms with Gasteiger partial charge in [-0.15, -0.1) is 0 Å². The van der Waals surface area contributed by atoms with Crippen LogP contribution in [0.25, 0.3) is 11.0 Å². The molecule has 3 heterocycles. The number of fused-ring (bicyclic) bond motifs is 1. The summed E-state index contributed by atoms with van der Waals surface area (Å²) in [5.74, 6) is 0.116. The van der Waals surface area contributed by atoms with Crippen molar-refractivity contribution in [1.29, 1.82) is 0 Å². The van der Waals surface area contributed by atoms with Crippen LogP contribution in [-0.4, -0.2) is 41.4 Å². The standard InChI is InChI=1S/C21H25N3O4/c1-12(2)15-10-16-14(11-28-17(16)8-13(15)3)9-18(25)24-6-4-21(5-7-24)19(26)22-20(27)23-21/h8,10-12H,4-7,9H2,1-3H3,(H2,22,23,26,27). The molecule has 7 heteroatoms. The van der Waals surface area contributed by atoms with E-state index in [9.17, 15) is 14.4 Å². The van der Waals surface area contributed by atoms with E-state index in [0.29, 0.717) is 31.8 Å². The Morgan fingerprint density at radius 1 is 1.25 bits per heavy atom. The zero-order valence-corrected chi connectivity index (χ0v) is 16.4. The number of carbonyl (C=O) groups excluding carboxylic acids is 3. The minimum absolute atomic E-state index is 0.00829. The number of urea groups is 1. The molecule has 148 valence electrons. The Bertz CT molecular complexity index is 967. The zero-order valence-electron chi connectivity index (χ0n) is 16.4. The van der Waals surface area contributed by atoms with Crippen molar-refractivity contribution >= 4 is 28.8 Å². The summed E-state index contributed by atoms with van der Waals surface area (Å²) in [5.41, 5.74) is 3.26. The summed E-state index contributed by atoms with van der Waals surface area (Å²) < 4.78 is 5.68. The van der Waals surface area contributed by atoms with Crippen molar-refractivity contribution in [2.24, 2.45) is 0 Å². The molecule has 2 aromatic rings. The van der Waals surface area contributed by atoms with Crippen LogP contribution in [0.5, 0.6) is 0 Å². The van der Waals surface area contributed by atoms with Gasteiger partial charge in [-0.1, -0.05) is 13.8 Å². The summed E-state index contributed by atoms with van der Waals surface area (Å²) in [7, 11) is 0. The third-order valence-corrected chi connectivity index (χ3v) is 5.99. The molecule has 28 heavy (non-hydrogen) atoms. The van der Waals surface area contributed by atoms with Gasteiger partial charge in [-0.25, -0.2) is 4.79 Å². The molecule has 1 aromatic heterocycles. The summed E-state index contributed by atoms with van der Waals surface area (Å²) in [4.78, 5) is 38.1. The van der Waals surface area contributed by atoms with Crippen molar-refractivity contribution in [3.8, 4) is 0 Å². The van der Waals surface area contributed by atoms with Crippen LogP contribution in [0, 0.1) is 6.92 Å². The lowest BCUT2D eigenvalue weighted by Gasteiger charge is -2.37. The topological polar surface area (TPSA) is 91.7 Å². The summed E-state index contributed by atoms with van der Waals surface area (Å²) in [6, 6.07) is 3.71. The molecule has 7 nitrogen and oxygen atoms in total. The molecule has 0 radical (unpaired) electrons. The van der Waals surface area contributed by atoms with E-state index in [1.165, 1.54) is 11.1 Å². The van der Waals surface area contributed by atoms with Crippen LogP contribution in [0.1, 0.15) is 49.3 Å². The normalized spacial score (nSPS) is 18.8. The third-order valence-electron chi connectivity index (χ3n) is 5.99. The number of imide groups is 1. The first-order valence-corrected chi connectivity index (χ1v) is 9.71. The lowest BCUT2D eigenvalue weighted by molar-refractivity contribution is -0.135. The zero-order chi connectivity index (χ0) is 20.1. The molecule has 0 unspecified atom stereocenters. The van der Waals surface area contributed by atoms with E-state index in [1.54, 1.807) is 11.2 Å². The van der Waals surface area contributed by atoms with Crippen LogP contribution in [0.4, 0.5) is 4.79 Å². The summed E-state index contributed by atoms with van der Waals surface area (Å²) >= 11 is 0. The van der Waals surface area contributed by atoms with Crippen LogP contribution in [0.3, 0.4) is 0 Å². The second-order valence-electron chi connectivity index (χ2n) is 8.17. The van der Waals surface area contributed by atoms with Gasteiger partial charge in [0.1, 0.15) is 11.1 Å². The van der Waals surface area contributed by atoms with Gasteiger partial charge >= 0.3 is 6.03 Å². The molecular weight excluding hydrogens is 358 g/mol. The van der Waals surface area contributed by atoms with Gasteiger partial charge in [-0.05, 0) is 48.9 Å². The van der Waals surface area contributed by atoms with Gasteiger partial charge in [0.2, 0.25) is 5.91 Å². The molecule has 4 amide bonds. The fourth-order valence-electron chi connectivity index (χ4n) is 4.30.